The zero-order chi connectivity index (χ0) is 18.8. The summed E-state index contributed by atoms with van der Waals surface area (Å²) in [7, 11) is 4.01. The van der Waals surface area contributed by atoms with E-state index in [9.17, 15) is 4.79 Å². The average Bonchev–Trinajstić information content (AvgIpc) is 3.10. The van der Waals surface area contributed by atoms with Gasteiger partial charge in [0.25, 0.3) is 5.91 Å². The van der Waals surface area contributed by atoms with E-state index in [4.69, 9.17) is 4.98 Å². The van der Waals surface area contributed by atoms with Crippen molar-refractivity contribution in [1.82, 2.24) is 14.9 Å². The molecule has 0 saturated carbocycles. The Balaban J connectivity index is 1.43. The van der Waals surface area contributed by atoms with Crippen LogP contribution in [0.4, 0.5) is 5.69 Å². The lowest BCUT2D eigenvalue weighted by Gasteiger charge is -2.32. The van der Waals surface area contributed by atoms with Gasteiger partial charge in [-0.15, -0.1) is 0 Å². The highest BCUT2D eigenvalue weighted by Crippen LogP contribution is 2.23. The zero-order valence-electron chi connectivity index (χ0n) is 16.0. The number of rotatable bonds is 4. The van der Waals surface area contributed by atoms with Crippen LogP contribution in [0.1, 0.15) is 29.0 Å². The Bertz CT molecular complexity index is 896. The van der Waals surface area contributed by atoms with Crippen molar-refractivity contribution in [3.8, 4) is 0 Å². The van der Waals surface area contributed by atoms with Crippen molar-refractivity contribution in [1.29, 1.82) is 0 Å². The smallest absolute Gasteiger partial charge is 0.253 e. The van der Waals surface area contributed by atoms with E-state index >= 15 is 0 Å². The van der Waals surface area contributed by atoms with E-state index in [-0.39, 0.29) is 5.91 Å². The lowest BCUT2D eigenvalue weighted by molar-refractivity contribution is 0.0672. The molecule has 1 saturated heterocycles. The Morgan fingerprint density at radius 1 is 1.19 bits per heavy atom. The number of nitrogens with one attached hydrogen (secondary N) is 1. The molecule has 4 rings (SSSR count). The number of amides is 1. The maximum atomic E-state index is 12.9. The number of imidazole rings is 1. The third kappa shape index (κ3) is 3.82. The Morgan fingerprint density at radius 3 is 2.70 bits per heavy atom. The van der Waals surface area contributed by atoms with E-state index in [0.717, 1.165) is 60.5 Å². The van der Waals surface area contributed by atoms with Crippen LogP contribution in [0.15, 0.2) is 48.5 Å². The minimum Gasteiger partial charge on any atom is -0.378 e. The molecule has 0 unspecified atom stereocenters. The number of aromatic nitrogens is 2. The Labute approximate surface area is 160 Å². The number of para-hydroxylation sites is 2. The first kappa shape index (κ1) is 17.6. The van der Waals surface area contributed by atoms with Gasteiger partial charge in [-0.2, -0.15) is 0 Å². The second-order valence-electron chi connectivity index (χ2n) is 7.61. The monoisotopic (exact) mass is 362 g/mol. The number of likely N-dealkylation sites (tertiary alicyclic amines) is 1. The van der Waals surface area contributed by atoms with E-state index in [0.29, 0.717) is 5.92 Å². The number of anilines is 1. The van der Waals surface area contributed by atoms with Crippen molar-refractivity contribution < 1.29 is 4.79 Å². The Kier molecular flexibility index (Phi) is 4.84. The SMILES string of the molecule is CN(C)c1ccc(C(=O)N2CCC[C@H](Cc3nc4ccccc4[nH]3)C2)cc1. The topological polar surface area (TPSA) is 52.2 Å². The number of benzene rings is 2. The molecular weight excluding hydrogens is 336 g/mol. The largest absolute Gasteiger partial charge is 0.378 e. The molecule has 1 atom stereocenters. The number of fused-ring (bicyclic) bond motifs is 1. The van der Waals surface area contributed by atoms with Crippen LogP contribution in [0.3, 0.4) is 0 Å². The van der Waals surface area contributed by atoms with Crippen LogP contribution >= 0.6 is 0 Å². The summed E-state index contributed by atoms with van der Waals surface area (Å²) in [5.74, 6) is 1.60. The van der Waals surface area contributed by atoms with E-state index in [1.54, 1.807) is 0 Å². The van der Waals surface area contributed by atoms with E-state index in [1.807, 2.05) is 66.4 Å². The van der Waals surface area contributed by atoms with Crippen molar-refractivity contribution in [2.24, 2.45) is 5.92 Å². The quantitative estimate of drug-likeness (QED) is 0.769. The van der Waals surface area contributed by atoms with Crippen LogP contribution < -0.4 is 4.90 Å². The van der Waals surface area contributed by atoms with Crippen molar-refractivity contribution in [2.75, 3.05) is 32.1 Å². The number of hydrogen-bond acceptors (Lipinski definition) is 3. The molecule has 27 heavy (non-hydrogen) atoms. The lowest BCUT2D eigenvalue weighted by atomic mass is 9.94. The van der Waals surface area contributed by atoms with Crippen LogP contribution in [0.2, 0.25) is 0 Å². The standard InChI is InChI=1S/C22H26N4O/c1-25(2)18-11-9-17(10-12-18)22(27)26-13-5-6-16(15-26)14-21-23-19-7-3-4-8-20(19)24-21/h3-4,7-12,16H,5-6,13-15H2,1-2H3,(H,23,24)/t16-/m1/s1. The van der Waals surface area contributed by atoms with Gasteiger partial charge in [0.15, 0.2) is 0 Å². The molecule has 0 radical (unpaired) electrons. The highest BCUT2D eigenvalue weighted by atomic mass is 16.2. The number of carbonyl (C=O) groups is 1. The zero-order valence-corrected chi connectivity index (χ0v) is 16.0. The maximum Gasteiger partial charge on any atom is 0.253 e. The number of aromatic amines is 1. The predicted octanol–water partition coefficient (Wildman–Crippen LogP) is 3.72. The summed E-state index contributed by atoms with van der Waals surface area (Å²) >= 11 is 0. The number of nitrogens with zero attached hydrogens (tertiary/aromatic N) is 3. The molecule has 1 aliphatic heterocycles. The number of H-pyrrole nitrogens is 1. The summed E-state index contributed by atoms with van der Waals surface area (Å²) in [5, 5.41) is 0. The fourth-order valence-corrected chi connectivity index (χ4v) is 3.88. The van der Waals surface area contributed by atoms with E-state index in [1.165, 1.54) is 0 Å². The first-order valence-corrected chi connectivity index (χ1v) is 9.60. The fourth-order valence-electron chi connectivity index (χ4n) is 3.88. The van der Waals surface area contributed by atoms with Gasteiger partial charge in [-0.1, -0.05) is 12.1 Å². The van der Waals surface area contributed by atoms with Crippen LogP contribution in [0.25, 0.3) is 11.0 Å². The first-order valence-electron chi connectivity index (χ1n) is 9.60. The van der Waals surface area contributed by atoms with Crippen LogP contribution in [-0.4, -0.2) is 48.0 Å². The third-order valence-corrected chi connectivity index (χ3v) is 5.36. The summed E-state index contributed by atoms with van der Waals surface area (Å²) in [4.78, 5) is 25.1. The van der Waals surface area contributed by atoms with Crippen LogP contribution in [-0.2, 0) is 6.42 Å². The Morgan fingerprint density at radius 2 is 1.96 bits per heavy atom. The predicted molar refractivity (Wildman–Crippen MR) is 109 cm³/mol. The molecule has 5 heteroatoms. The van der Waals surface area contributed by atoms with Gasteiger partial charge >= 0.3 is 0 Å². The molecule has 0 bridgehead atoms. The molecule has 5 nitrogen and oxygen atoms in total. The Hall–Kier alpha value is -2.82. The summed E-state index contributed by atoms with van der Waals surface area (Å²) < 4.78 is 0. The summed E-state index contributed by atoms with van der Waals surface area (Å²) in [6.07, 6.45) is 3.07. The molecule has 3 aromatic rings. The number of piperidine rings is 1. The highest BCUT2D eigenvalue weighted by Gasteiger charge is 2.25. The van der Waals surface area contributed by atoms with Crippen molar-refractivity contribution in [3.63, 3.8) is 0 Å². The normalized spacial score (nSPS) is 17.3. The van der Waals surface area contributed by atoms with Gasteiger partial charge in [-0.3, -0.25) is 4.79 Å². The van der Waals surface area contributed by atoms with Gasteiger partial charge in [0.1, 0.15) is 5.82 Å². The molecular formula is C22H26N4O. The molecule has 1 aliphatic rings. The van der Waals surface area contributed by atoms with Gasteiger partial charge in [0, 0.05) is 44.9 Å². The second-order valence-corrected chi connectivity index (χ2v) is 7.61. The molecule has 2 aromatic carbocycles. The minimum absolute atomic E-state index is 0.134. The second kappa shape index (κ2) is 7.43. The summed E-state index contributed by atoms with van der Waals surface area (Å²) in [5.41, 5.74) is 3.97. The molecule has 1 aromatic heterocycles. The van der Waals surface area contributed by atoms with Crippen molar-refractivity contribution in [2.45, 2.75) is 19.3 Å². The molecule has 1 fully saturated rings. The molecule has 0 spiro atoms. The molecule has 1 N–H and O–H groups in total. The average molecular weight is 362 g/mol. The minimum atomic E-state index is 0.134. The fraction of sp³-hybridized carbons (Fsp3) is 0.364. The number of carbonyl (C=O) groups excluding carboxylic acids is 1. The molecule has 140 valence electrons. The van der Waals surface area contributed by atoms with Gasteiger partial charge in [-0.25, -0.2) is 4.98 Å². The van der Waals surface area contributed by atoms with Crippen LogP contribution in [0.5, 0.6) is 0 Å². The van der Waals surface area contributed by atoms with Gasteiger partial charge in [0.05, 0.1) is 11.0 Å². The maximum absolute atomic E-state index is 12.9. The van der Waals surface area contributed by atoms with Crippen molar-refractivity contribution >= 4 is 22.6 Å². The van der Waals surface area contributed by atoms with Gasteiger partial charge in [0.2, 0.25) is 0 Å². The van der Waals surface area contributed by atoms with Crippen LogP contribution in [0, 0.1) is 5.92 Å². The third-order valence-electron chi connectivity index (χ3n) is 5.36. The summed E-state index contributed by atoms with van der Waals surface area (Å²) in [6, 6.07) is 16.0. The molecule has 2 heterocycles. The van der Waals surface area contributed by atoms with Gasteiger partial charge < -0.3 is 14.8 Å². The lowest BCUT2D eigenvalue weighted by Crippen LogP contribution is -2.40. The molecule has 1 amide bonds. The van der Waals surface area contributed by atoms with E-state index < -0.39 is 0 Å². The van der Waals surface area contributed by atoms with E-state index in [2.05, 4.69) is 11.1 Å². The molecule has 0 aliphatic carbocycles. The highest BCUT2D eigenvalue weighted by molar-refractivity contribution is 5.94. The summed E-state index contributed by atoms with van der Waals surface area (Å²) in [6.45, 7) is 1.64. The van der Waals surface area contributed by atoms with Crippen molar-refractivity contribution in [3.05, 3.63) is 59.9 Å². The number of hydrogen-bond donors (Lipinski definition) is 1. The van der Waals surface area contributed by atoms with Gasteiger partial charge in [-0.05, 0) is 55.2 Å². The first-order chi connectivity index (χ1) is 13.1.